The molecule has 0 heterocycles. The van der Waals surface area contributed by atoms with Gasteiger partial charge in [-0.25, -0.2) is 5.09 Å². The Labute approximate surface area is 126 Å². The maximum Gasteiger partial charge on any atom is 0.317 e. The third kappa shape index (κ3) is 10.1. The minimum atomic E-state index is -2.82. The Hall–Kier alpha value is -1.36. The Bertz CT molecular complexity index is 416. The van der Waals surface area contributed by atoms with Gasteiger partial charge in [0.05, 0.1) is 12.3 Å². The minimum absolute atomic E-state index is 0.0301. The molecule has 1 aromatic carbocycles. The van der Waals surface area contributed by atoms with Crippen LogP contribution in [0.3, 0.4) is 0 Å². The van der Waals surface area contributed by atoms with E-state index in [1.165, 1.54) is 0 Å². The fourth-order valence-electron chi connectivity index (χ4n) is 1.33. The highest BCUT2D eigenvalue weighted by atomic mass is 31.2. The predicted molar refractivity (Wildman–Crippen MR) is 84.6 cm³/mol. The molecular weight excluding hydrogens is 291 g/mol. The largest absolute Gasteiger partial charge is 0.465 e. The summed E-state index contributed by atoms with van der Waals surface area (Å²) >= 11 is 0. The van der Waals surface area contributed by atoms with E-state index in [4.69, 9.17) is 10.3 Å². The fraction of sp³-hybridized carbons (Fsp3) is 0.500. The van der Waals surface area contributed by atoms with Crippen molar-refractivity contribution in [2.45, 2.75) is 26.9 Å². The zero-order valence-corrected chi connectivity index (χ0v) is 13.7. The molecule has 1 aromatic rings. The van der Waals surface area contributed by atoms with Crippen molar-refractivity contribution in [2.75, 3.05) is 19.3 Å². The first kappa shape index (κ1) is 19.6. The Kier molecular flexibility index (Phi) is 10.6. The van der Waals surface area contributed by atoms with Gasteiger partial charge in [-0.15, -0.1) is 0 Å². The first-order valence-corrected chi connectivity index (χ1v) is 8.66. The summed E-state index contributed by atoms with van der Waals surface area (Å²) in [4.78, 5) is 9.39. The van der Waals surface area contributed by atoms with Gasteiger partial charge >= 0.3 is 7.52 Å². The second kappa shape index (κ2) is 11.3. The highest BCUT2D eigenvalue weighted by molar-refractivity contribution is 7.57. The predicted octanol–water partition coefficient (Wildman–Crippen LogP) is 2.39. The Morgan fingerprint density at radius 3 is 2.33 bits per heavy atom. The molecule has 0 bridgehead atoms. The van der Waals surface area contributed by atoms with Crippen LogP contribution in [0.25, 0.3) is 0 Å². The van der Waals surface area contributed by atoms with Gasteiger partial charge in [0.1, 0.15) is 5.75 Å². The molecule has 0 saturated heterocycles. The van der Waals surface area contributed by atoms with Crippen LogP contribution in [0.4, 0.5) is 0 Å². The van der Waals surface area contributed by atoms with Gasteiger partial charge in [0.15, 0.2) is 0 Å². The summed E-state index contributed by atoms with van der Waals surface area (Å²) in [6.07, 6.45) is 0.373. The molecule has 120 valence electrons. The van der Waals surface area contributed by atoms with E-state index in [2.05, 4.69) is 9.82 Å². The van der Waals surface area contributed by atoms with E-state index < -0.39 is 7.52 Å². The molecule has 6 nitrogen and oxygen atoms in total. The van der Waals surface area contributed by atoms with Gasteiger partial charge in [0.25, 0.3) is 6.47 Å². The molecule has 0 aliphatic rings. The topological polar surface area (TPSA) is 90.7 Å². The Balaban J connectivity index is 0.000000567. The fourth-order valence-corrected chi connectivity index (χ4v) is 2.93. The van der Waals surface area contributed by atoms with E-state index in [9.17, 15) is 9.36 Å². The van der Waals surface area contributed by atoms with Crippen LogP contribution in [0.1, 0.15) is 20.8 Å². The van der Waals surface area contributed by atoms with Crippen molar-refractivity contribution in [3.05, 3.63) is 30.3 Å². The number of hydrogen-bond donors (Lipinski definition) is 2. The lowest BCUT2D eigenvalue weighted by molar-refractivity contribution is -0.131. The lowest BCUT2D eigenvalue weighted by atomic mass is 10.3. The van der Waals surface area contributed by atoms with E-state index in [0.717, 1.165) is 0 Å². The first-order chi connectivity index (χ1) is 9.97. The van der Waals surface area contributed by atoms with Gasteiger partial charge in [0.2, 0.25) is 0 Å². The third-order valence-electron chi connectivity index (χ3n) is 2.15. The highest BCUT2D eigenvalue weighted by Crippen LogP contribution is 2.41. The van der Waals surface area contributed by atoms with Gasteiger partial charge in [-0.2, -0.15) is 0 Å². The van der Waals surface area contributed by atoms with Gasteiger partial charge in [-0.05, 0) is 26.0 Å². The highest BCUT2D eigenvalue weighted by Gasteiger charge is 2.21. The van der Waals surface area contributed by atoms with Crippen LogP contribution in [0.2, 0.25) is 0 Å². The van der Waals surface area contributed by atoms with Gasteiger partial charge in [-0.3, -0.25) is 9.36 Å². The number of ether oxygens (including phenoxy) is 1. The normalized spacial score (nSPS) is 12.8. The summed E-state index contributed by atoms with van der Waals surface area (Å²) in [7, 11) is -2.82. The molecule has 0 radical (unpaired) electrons. The molecule has 0 saturated carbocycles. The number of hydrogen-bond acceptors (Lipinski definition) is 5. The van der Waals surface area contributed by atoms with Crippen molar-refractivity contribution in [1.82, 2.24) is 5.09 Å². The summed E-state index contributed by atoms with van der Waals surface area (Å²) in [5.41, 5.74) is 5.41. The number of benzene rings is 1. The van der Waals surface area contributed by atoms with Crippen LogP contribution in [0.15, 0.2) is 30.3 Å². The van der Waals surface area contributed by atoms with Gasteiger partial charge in [-0.1, -0.05) is 25.1 Å². The van der Waals surface area contributed by atoms with Crippen LogP contribution in [0.5, 0.6) is 5.75 Å². The first-order valence-electron chi connectivity index (χ1n) is 6.85. The van der Waals surface area contributed by atoms with Crippen molar-refractivity contribution in [1.29, 1.82) is 0 Å². The smallest absolute Gasteiger partial charge is 0.317 e. The summed E-state index contributed by atoms with van der Waals surface area (Å²) in [6.45, 7) is 6.88. The van der Waals surface area contributed by atoms with Crippen molar-refractivity contribution >= 4 is 14.0 Å². The molecule has 7 heteroatoms. The van der Waals surface area contributed by atoms with Crippen molar-refractivity contribution in [3.63, 3.8) is 0 Å². The van der Waals surface area contributed by atoms with Crippen molar-refractivity contribution in [3.8, 4) is 5.75 Å². The lowest BCUT2D eigenvalue weighted by Crippen LogP contribution is -2.20. The number of carbonyl (C=O) groups is 1. The van der Waals surface area contributed by atoms with Crippen LogP contribution < -0.4 is 15.3 Å². The number of rotatable bonds is 8. The molecule has 3 N–H and O–H groups in total. The van der Waals surface area contributed by atoms with Crippen LogP contribution in [-0.2, 0) is 14.1 Å². The molecule has 1 atom stereocenters. The Morgan fingerprint density at radius 1 is 1.33 bits per heavy atom. The van der Waals surface area contributed by atoms with Crippen molar-refractivity contribution in [2.24, 2.45) is 5.73 Å². The molecule has 1 unspecified atom stereocenters. The minimum Gasteiger partial charge on any atom is -0.465 e. The van der Waals surface area contributed by atoms with Gasteiger partial charge in [0, 0.05) is 13.1 Å². The monoisotopic (exact) mass is 316 g/mol. The molecule has 0 amide bonds. The second-order valence-electron chi connectivity index (χ2n) is 4.38. The number of nitrogens with two attached hydrogens (primary N) is 1. The molecule has 0 aromatic heterocycles. The second-order valence-corrected chi connectivity index (χ2v) is 6.68. The average molecular weight is 316 g/mol. The Morgan fingerprint density at radius 2 is 1.95 bits per heavy atom. The quantitative estimate of drug-likeness (QED) is 0.565. The molecule has 21 heavy (non-hydrogen) atoms. The van der Waals surface area contributed by atoms with Crippen LogP contribution >= 0.6 is 7.52 Å². The average Bonchev–Trinajstić information content (AvgIpc) is 2.40. The zero-order chi connectivity index (χ0) is 16.1. The molecule has 0 aliphatic carbocycles. The molecule has 0 aliphatic heterocycles. The third-order valence-corrected chi connectivity index (χ3v) is 4.30. The summed E-state index contributed by atoms with van der Waals surface area (Å²) in [6, 6.07) is 9.12. The van der Waals surface area contributed by atoms with E-state index in [1.807, 2.05) is 25.1 Å². The summed E-state index contributed by atoms with van der Waals surface area (Å²) in [5, 5.41) is 2.86. The van der Waals surface area contributed by atoms with Gasteiger partial charge < -0.3 is 15.0 Å². The van der Waals surface area contributed by atoms with Crippen molar-refractivity contribution < 1.29 is 18.6 Å². The van der Waals surface area contributed by atoms with E-state index in [0.29, 0.717) is 31.5 Å². The standard InChI is InChI=1S/C10H17N2O2P.C4H8O2/c1-2-12-15(13,9-8-11)14-10-6-4-3-5-7-10;1-4(2)6-3-5/h3-7H,2,8-9,11H2,1H3,(H,12,13);3-4H,1-2H3. The SMILES string of the molecule is CC(C)OC=O.CCNP(=O)(CCN)Oc1ccccc1. The van der Waals surface area contributed by atoms with E-state index >= 15 is 0 Å². The summed E-state index contributed by atoms with van der Waals surface area (Å²) in [5.74, 6) is 0.607. The molecule has 0 spiro atoms. The number of nitrogens with one attached hydrogen (secondary N) is 1. The van der Waals surface area contributed by atoms with E-state index in [-0.39, 0.29) is 6.10 Å². The number of para-hydroxylation sites is 1. The lowest BCUT2D eigenvalue weighted by Gasteiger charge is -2.19. The summed E-state index contributed by atoms with van der Waals surface area (Å²) < 4.78 is 22.0. The maximum atomic E-state index is 12.2. The zero-order valence-electron chi connectivity index (χ0n) is 12.8. The number of carbonyl (C=O) groups excluding carboxylic acids is 1. The molecule has 1 rings (SSSR count). The maximum absolute atomic E-state index is 12.2. The van der Waals surface area contributed by atoms with Crippen LogP contribution in [0, 0.1) is 0 Å². The van der Waals surface area contributed by atoms with E-state index in [1.54, 1.807) is 26.0 Å². The van der Waals surface area contributed by atoms with Crippen LogP contribution in [-0.4, -0.2) is 31.8 Å². The molecular formula is C14H25N2O4P. The molecule has 0 fully saturated rings.